The number of para-hydroxylation sites is 1. The minimum Gasteiger partial charge on any atom is -0.410 e. The van der Waals surface area contributed by atoms with Gasteiger partial charge in [-0.3, -0.25) is 0 Å². The van der Waals surface area contributed by atoms with Gasteiger partial charge in [0.2, 0.25) is 0 Å². The molecule has 1 heterocycles. The van der Waals surface area contributed by atoms with Gasteiger partial charge in [-0.1, -0.05) is 18.2 Å². The summed E-state index contributed by atoms with van der Waals surface area (Å²) in [7, 11) is 1.86. The van der Waals surface area contributed by atoms with E-state index < -0.39 is 6.09 Å². The molecule has 0 unspecified atom stereocenters. The van der Waals surface area contributed by atoms with Crippen LogP contribution in [0.25, 0.3) is 0 Å². The molecule has 0 saturated heterocycles. The maximum absolute atomic E-state index is 11.4. The second-order valence-electron chi connectivity index (χ2n) is 3.74. The SMILES string of the molecule is Cn1cnnc1CCNC(=O)Oc1ccccc1. The van der Waals surface area contributed by atoms with Gasteiger partial charge in [-0.15, -0.1) is 10.2 Å². The second-order valence-corrected chi connectivity index (χ2v) is 3.74. The van der Waals surface area contributed by atoms with Gasteiger partial charge in [-0.05, 0) is 12.1 Å². The second kappa shape index (κ2) is 5.81. The Kier molecular flexibility index (Phi) is 3.90. The quantitative estimate of drug-likeness (QED) is 0.878. The Morgan fingerprint density at radius 1 is 1.39 bits per heavy atom. The van der Waals surface area contributed by atoms with E-state index >= 15 is 0 Å². The third-order valence-corrected chi connectivity index (χ3v) is 2.38. The predicted octanol–water partition coefficient (Wildman–Crippen LogP) is 1.15. The van der Waals surface area contributed by atoms with Crippen LogP contribution in [-0.2, 0) is 13.5 Å². The molecule has 18 heavy (non-hydrogen) atoms. The summed E-state index contributed by atoms with van der Waals surface area (Å²) in [5, 5.41) is 10.3. The lowest BCUT2D eigenvalue weighted by Gasteiger charge is -2.05. The number of carbonyl (C=O) groups excluding carboxylic acids is 1. The number of nitrogens with one attached hydrogen (secondary N) is 1. The van der Waals surface area contributed by atoms with Crippen molar-refractivity contribution >= 4 is 6.09 Å². The van der Waals surface area contributed by atoms with Gasteiger partial charge in [0, 0.05) is 20.0 Å². The van der Waals surface area contributed by atoms with E-state index in [1.165, 1.54) is 0 Å². The van der Waals surface area contributed by atoms with Crippen LogP contribution in [0, 0.1) is 0 Å². The Morgan fingerprint density at radius 3 is 2.83 bits per heavy atom. The van der Waals surface area contributed by atoms with E-state index in [2.05, 4.69) is 15.5 Å². The molecular formula is C12H14N4O2. The number of aryl methyl sites for hydroxylation is 1. The number of hydrogen-bond donors (Lipinski definition) is 1. The number of hydrogen-bond acceptors (Lipinski definition) is 4. The highest BCUT2D eigenvalue weighted by Gasteiger charge is 2.05. The Labute approximate surface area is 105 Å². The van der Waals surface area contributed by atoms with E-state index in [9.17, 15) is 4.79 Å². The first-order chi connectivity index (χ1) is 8.75. The summed E-state index contributed by atoms with van der Waals surface area (Å²) in [4.78, 5) is 11.4. The van der Waals surface area contributed by atoms with Crippen molar-refractivity contribution < 1.29 is 9.53 Å². The van der Waals surface area contributed by atoms with Crippen LogP contribution in [0.15, 0.2) is 36.7 Å². The molecule has 0 fully saturated rings. The van der Waals surface area contributed by atoms with Crippen LogP contribution in [0.3, 0.4) is 0 Å². The number of ether oxygens (including phenoxy) is 1. The first-order valence-corrected chi connectivity index (χ1v) is 5.59. The van der Waals surface area contributed by atoms with Crippen LogP contribution in [-0.4, -0.2) is 27.4 Å². The van der Waals surface area contributed by atoms with Gasteiger partial charge in [0.1, 0.15) is 17.9 Å². The molecule has 0 aliphatic rings. The lowest BCUT2D eigenvalue weighted by atomic mass is 10.3. The zero-order valence-corrected chi connectivity index (χ0v) is 10.0. The minimum atomic E-state index is -0.469. The van der Waals surface area contributed by atoms with Crippen molar-refractivity contribution in [2.45, 2.75) is 6.42 Å². The monoisotopic (exact) mass is 246 g/mol. The van der Waals surface area contributed by atoms with E-state index in [4.69, 9.17) is 4.74 Å². The van der Waals surface area contributed by atoms with Crippen LogP contribution >= 0.6 is 0 Å². The van der Waals surface area contributed by atoms with Crippen LogP contribution in [0.1, 0.15) is 5.82 Å². The molecule has 0 aliphatic heterocycles. The lowest BCUT2D eigenvalue weighted by molar-refractivity contribution is 0.200. The first-order valence-electron chi connectivity index (χ1n) is 5.59. The Morgan fingerprint density at radius 2 is 2.17 bits per heavy atom. The third-order valence-electron chi connectivity index (χ3n) is 2.38. The maximum Gasteiger partial charge on any atom is 0.412 e. The molecule has 1 N–H and O–H groups in total. The number of amides is 1. The van der Waals surface area contributed by atoms with Gasteiger partial charge in [-0.2, -0.15) is 0 Å². The fourth-order valence-electron chi connectivity index (χ4n) is 1.44. The topological polar surface area (TPSA) is 69.0 Å². The normalized spacial score (nSPS) is 10.1. The average Bonchev–Trinajstić information content (AvgIpc) is 2.76. The van der Waals surface area contributed by atoms with Gasteiger partial charge >= 0.3 is 6.09 Å². The van der Waals surface area contributed by atoms with Crippen LogP contribution in [0.2, 0.25) is 0 Å². The zero-order chi connectivity index (χ0) is 12.8. The van der Waals surface area contributed by atoms with Crippen molar-refractivity contribution in [2.24, 2.45) is 7.05 Å². The standard InChI is InChI=1S/C12H14N4O2/c1-16-9-14-15-11(16)7-8-13-12(17)18-10-5-3-2-4-6-10/h2-6,9H,7-8H2,1H3,(H,13,17). The molecule has 0 aliphatic carbocycles. The van der Waals surface area contributed by atoms with Crippen molar-refractivity contribution in [1.29, 1.82) is 0 Å². The molecule has 0 bridgehead atoms. The molecule has 0 radical (unpaired) electrons. The molecule has 0 saturated carbocycles. The molecule has 1 aromatic heterocycles. The van der Waals surface area contributed by atoms with Crippen LogP contribution < -0.4 is 10.1 Å². The lowest BCUT2D eigenvalue weighted by Crippen LogP contribution is -2.29. The van der Waals surface area contributed by atoms with Gasteiger partial charge < -0.3 is 14.6 Å². The summed E-state index contributed by atoms with van der Waals surface area (Å²) >= 11 is 0. The van der Waals surface area contributed by atoms with Crippen molar-refractivity contribution in [3.8, 4) is 5.75 Å². The van der Waals surface area contributed by atoms with Gasteiger partial charge in [0.15, 0.2) is 0 Å². The van der Waals surface area contributed by atoms with E-state index in [1.807, 2.05) is 29.8 Å². The molecule has 0 atom stereocenters. The summed E-state index contributed by atoms with van der Waals surface area (Å²) in [5.74, 6) is 1.34. The molecule has 1 aromatic carbocycles. The molecule has 1 amide bonds. The molecule has 2 aromatic rings. The molecule has 6 heteroatoms. The Hall–Kier alpha value is -2.37. The average molecular weight is 246 g/mol. The van der Waals surface area contributed by atoms with E-state index in [0.29, 0.717) is 18.7 Å². The summed E-state index contributed by atoms with van der Waals surface area (Å²) in [6, 6.07) is 8.92. The minimum absolute atomic E-state index is 0.457. The number of carbonyl (C=O) groups is 1. The number of rotatable bonds is 4. The maximum atomic E-state index is 11.4. The molecule has 94 valence electrons. The number of benzene rings is 1. The smallest absolute Gasteiger partial charge is 0.410 e. The Balaban J connectivity index is 1.74. The van der Waals surface area contributed by atoms with Crippen molar-refractivity contribution in [1.82, 2.24) is 20.1 Å². The van der Waals surface area contributed by atoms with Gasteiger partial charge in [0.25, 0.3) is 0 Å². The van der Waals surface area contributed by atoms with Crippen molar-refractivity contribution in [3.05, 3.63) is 42.5 Å². The van der Waals surface area contributed by atoms with Gasteiger partial charge in [-0.25, -0.2) is 4.79 Å². The largest absolute Gasteiger partial charge is 0.412 e. The molecular weight excluding hydrogens is 232 g/mol. The van der Waals surface area contributed by atoms with E-state index in [0.717, 1.165) is 5.82 Å². The predicted molar refractivity (Wildman–Crippen MR) is 65.2 cm³/mol. The van der Waals surface area contributed by atoms with Gasteiger partial charge in [0.05, 0.1) is 0 Å². The van der Waals surface area contributed by atoms with Crippen LogP contribution in [0.4, 0.5) is 4.79 Å². The summed E-state index contributed by atoms with van der Waals surface area (Å²) < 4.78 is 6.88. The molecule has 6 nitrogen and oxygen atoms in total. The fourth-order valence-corrected chi connectivity index (χ4v) is 1.44. The number of aromatic nitrogens is 3. The van der Waals surface area contributed by atoms with Crippen molar-refractivity contribution in [3.63, 3.8) is 0 Å². The summed E-state index contributed by atoms with van der Waals surface area (Å²) in [6.07, 6.45) is 1.77. The van der Waals surface area contributed by atoms with Crippen molar-refractivity contribution in [2.75, 3.05) is 6.54 Å². The molecule has 2 rings (SSSR count). The van der Waals surface area contributed by atoms with E-state index in [1.54, 1.807) is 18.5 Å². The first kappa shape index (κ1) is 12.1. The zero-order valence-electron chi connectivity index (χ0n) is 10.0. The molecule has 0 spiro atoms. The third kappa shape index (κ3) is 3.31. The summed E-state index contributed by atoms with van der Waals surface area (Å²) in [6.45, 7) is 0.457. The fraction of sp³-hybridized carbons (Fsp3) is 0.250. The highest BCUT2D eigenvalue weighted by atomic mass is 16.5. The Bertz CT molecular complexity index is 510. The highest BCUT2D eigenvalue weighted by molar-refractivity contribution is 5.70. The summed E-state index contributed by atoms with van der Waals surface area (Å²) in [5.41, 5.74) is 0. The van der Waals surface area contributed by atoms with E-state index in [-0.39, 0.29) is 0 Å². The number of nitrogens with zero attached hydrogens (tertiary/aromatic N) is 3. The highest BCUT2D eigenvalue weighted by Crippen LogP contribution is 2.07. The van der Waals surface area contributed by atoms with Crippen LogP contribution in [0.5, 0.6) is 5.75 Å².